The number of likely N-dealkylation sites (tertiary alicyclic amines) is 1. The highest BCUT2D eigenvalue weighted by atomic mass is 35.5. The second kappa shape index (κ2) is 6.25. The average molecular weight is 287 g/mol. The molecule has 2 atom stereocenters. The predicted octanol–water partition coefficient (Wildman–Crippen LogP) is 3.87. The van der Waals surface area contributed by atoms with Gasteiger partial charge < -0.3 is 5.73 Å². The van der Waals surface area contributed by atoms with Gasteiger partial charge in [0.25, 0.3) is 0 Å². The van der Waals surface area contributed by atoms with Gasteiger partial charge in [-0.05, 0) is 50.1 Å². The summed E-state index contributed by atoms with van der Waals surface area (Å²) in [6.07, 6.45) is 3.77. The summed E-state index contributed by atoms with van der Waals surface area (Å²) >= 11 is 12.4. The lowest BCUT2D eigenvalue weighted by Gasteiger charge is -2.39. The van der Waals surface area contributed by atoms with Gasteiger partial charge in [-0.25, -0.2) is 0 Å². The van der Waals surface area contributed by atoms with E-state index in [0.717, 1.165) is 22.2 Å². The fraction of sp³-hybridized carbons (Fsp3) is 0.571. The Hall–Kier alpha value is -0.280. The number of nitrogens with two attached hydrogens (primary N) is 1. The molecule has 100 valence electrons. The fourth-order valence-corrected chi connectivity index (χ4v) is 3.22. The Kier molecular flexibility index (Phi) is 4.91. The molecular weight excluding hydrogens is 267 g/mol. The molecule has 0 bridgehead atoms. The molecule has 0 radical (unpaired) electrons. The van der Waals surface area contributed by atoms with E-state index in [1.54, 1.807) is 0 Å². The first-order valence-corrected chi connectivity index (χ1v) is 7.30. The van der Waals surface area contributed by atoms with E-state index < -0.39 is 0 Å². The predicted molar refractivity (Wildman–Crippen MR) is 78.3 cm³/mol. The Morgan fingerprint density at radius 1 is 1.39 bits per heavy atom. The minimum Gasteiger partial charge on any atom is -0.329 e. The maximum atomic E-state index is 6.30. The maximum absolute atomic E-state index is 6.30. The third-order valence-electron chi connectivity index (χ3n) is 3.80. The first-order chi connectivity index (χ1) is 8.63. The van der Waals surface area contributed by atoms with Crippen molar-refractivity contribution in [2.75, 3.05) is 13.1 Å². The molecule has 1 aliphatic heterocycles. The Labute approximate surface area is 119 Å². The van der Waals surface area contributed by atoms with E-state index in [4.69, 9.17) is 28.9 Å². The number of halogens is 2. The summed E-state index contributed by atoms with van der Waals surface area (Å²) in [5.74, 6) is 0. The van der Waals surface area contributed by atoms with E-state index in [9.17, 15) is 0 Å². The van der Waals surface area contributed by atoms with Gasteiger partial charge in [-0.3, -0.25) is 4.90 Å². The smallest absolute Gasteiger partial charge is 0.0488 e. The summed E-state index contributed by atoms with van der Waals surface area (Å²) in [6, 6.07) is 6.36. The summed E-state index contributed by atoms with van der Waals surface area (Å²) in [7, 11) is 0. The molecule has 0 saturated carbocycles. The summed E-state index contributed by atoms with van der Waals surface area (Å²) in [5, 5.41) is 1.48. The molecule has 0 aromatic heterocycles. The molecule has 0 amide bonds. The third kappa shape index (κ3) is 3.00. The van der Waals surface area contributed by atoms with Crippen LogP contribution < -0.4 is 5.73 Å². The van der Waals surface area contributed by atoms with Gasteiger partial charge in [0.05, 0.1) is 0 Å². The van der Waals surface area contributed by atoms with Gasteiger partial charge in [0.1, 0.15) is 0 Å². The quantitative estimate of drug-likeness (QED) is 0.914. The topological polar surface area (TPSA) is 29.3 Å². The van der Waals surface area contributed by atoms with Crippen LogP contribution in [0.15, 0.2) is 18.2 Å². The van der Waals surface area contributed by atoms with Crippen LogP contribution in [0.1, 0.15) is 37.8 Å². The Balaban J connectivity index is 2.29. The number of nitrogens with zero attached hydrogens (tertiary/aromatic N) is 1. The maximum Gasteiger partial charge on any atom is 0.0488 e. The zero-order valence-electron chi connectivity index (χ0n) is 10.7. The molecule has 1 aliphatic rings. The lowest BCUT2D eigenvalue weighted by Crippen LogP contribution is -2.43. The number of benzene rings is 1. The van der Waals surface area contributed by atoms with Crippen molar-refractivity contribution in [3.05, 3.63) is 33.8 Å². The largest absolute Gasteiger partial charge is 0.329 e. The van der Waals surface area contributed by atoms with Crippen molar-refractivity contribution in [2.24, 2.45) is 5.73 Å². The van der Waals surface area contributed by atoms with Gasteiger partial charge in [0.15, 0.2) is 0 Å². The van der Waals surface area contributed by atoms with E-state index in [0.29, 0.717) is 12.6 Å². The van der Waals surface area contributed by atoms with Crippen molar-refractivity contribution in [1.29, 1.82) is 0 Å². The van der Waals surface area contributed by atoms with E-state index >= 15 is 0 Å². The molecule has 2 nitrogen and oxygen atoms in total. The highest BCUT2D eigenvalue weighted by molar-refractivity contribution is 6.33. The van der Waals surface area contributed by atoms with Gasteiger partial charge in [0, 0.05) is 28.7 Å². The Morgan fingerprint density at radius 3 is 2.83 bits per heavy atom. The van der Waals surface area contributed by atoms with Crippen LogP contribution in [-0.4, -0.2) is 24.0 Å². The van der Waals surface area contributed by atoms with Crippen LogP contribution in [0.3, 0.4) is 0 Å². The number of hydrogen-bond acceptors (Lipinski definition) is 2. The standard InChI is InChI=1S/C14H20Cl2N2/c1-10-4-2-3-7-18(10)14(9-17)12-8-11(15)5-6-13(12)16/h5-6,8,10,14H,2-4,7,9,17H2,1H3. The SMILES string of the molecule is CC1CCCCN1C(CN)c1cc(Cl)ccc1Cl. The van der Waals surface area contributed by atoms with Crippen LogP contribution in [0.2, 0.25) is 10.0 Å². The van der Waals surface area contributed by atoms with Gasteiger partial charge in [-0.2, -0.15) is 0 Å². The second-order valence-electron chi connectivity index (χ2n) is 5.00. The zero-order chi connectivity index (χ0) is 13.1. The molecule has 0 spiro atoms. The zero-order valence-corrected chi connectivity index (χ0v) is 12.2. The average Bonchev–Trinajstić information content (AvgIpc) is 2.36. The van der Waals surface area contributed by atoms with Gasteiger partial charge in [-0.15, -0.1) is 0 Å². The molecule has 1 heterocycles. The van der Waals surface area contributed by atoms with Crippen LogP contribution in [0.4, 0.5) is 0 Å². The van der Waals surface area contributed by atoms with Crippen molar-refractivity contribution in [3.8, 4) is 0 Å². The Morgan fingerprint density at radius 2 is 2.17 bits per heavy atom. The summed E-state index contributed by atoms with van der Waals surface area (Å²) in [6.45, 7) is 3.93. The van der Waals surface area contributed by atoms with Crippen LogP contribution >= 0.6 is 23.2 Å². The first kappa shape index (κ1) is 14.1. The van der Waals surface area contributed by atoms with E-state index in [-0.39, 0.29) is 6.04 Å². The minimum absolute atomic E-state index is 0.173. The lowest BCUT2D eigenvalue weighted by atomic mass is 9.97. The van der Waals surface area contributed by atoms with Crippen molar-refractivity contribution in [2.45, 2.75) is 38.3 Å². The van der Waals surface area contributed by atoms with E-state index in [1.165, 1.54) is 19.3 Å². The molecule has 2 N–H and O–H groups in total. The molecule has 1 saturated heterocycles. The van der Waals surface area contributed by atoms with Crippen LogP contribution in [0.5, 0.6) is 0 Å². The van der Waals surface area contributed by atoms with Crippen LogP contribution in [-0.2, 0) is 0 Å². The summed E-state index contributed by atoms with van der Waals surface area (Å²) in [5.41, 5.74) is 7.03. The minimum atomic E-state index is 0.173. The highest BCUT2D eigenvalue weighted by Gasteiger charge is 2.27. The summed E-state index contributed by atoms with van der Waals surface area (Å²) in [4.78, 5) is 2.46. The lowest BCUT2D eigenvalue weighted by molar-refractivity contribution is 0.109. The van der Waals surface area contributed by atoms with Crippen molar-refractivity contribution in [3.63, 3.8) is 0 Å². The van der Waals surface area contributed by atoms with Crippen molar-refractivity contribution in [1.82, 2.24) is 4.90 Å². The normalized spacial score (nSPS) is 23.0. The molecular formula is C14H20Cl2N2. The van der Waals surface area contributed by atoms with Gasteiger partial charge >= 0.3 is 0 Å². The number of hydrogen-bond donors (Lipinski definition) is 1. The molecule has 4 heteroatoms. The van der Waals surface area contributed by atoms with Crippen molar-refractivity contribution >= 4 is 23.2 Å². The van der Waals surface area contributed by atoms with Gasteiger partial charge in [0.2, 0.25) is 0 Å². The molecule has 1 fully saturated rings. The van der Waals surface area contributed by atoms with Gasteiger partial charge in [-0.1, -0.05) is 29.6 Å². The first-order valence-electron chi connectivity index (χ1n) is 6.54. The highest BCUT2D eigenvalue weighted by Crippen LogP contribution is 2.33. The third-order valence-corrected chi connectivity index (χ3v) is 4.37. The molecule has 18 heavy (non-hydrogen) atoms. The monoisotopic (exact) mass is 286 g/mol. The Bertz CT molecular complexity index is 409. The van der Waals surface area contributed by atoms with E-state index in [2.05, 4.69) is 11.8 Å². The van der Waals surface area contributed by atoms with E-state index in [1.807, 2.05) is 18.2 Å². The molecule has 1 aromatic rings. The number of rotatable bonds is 3. The van der Waals surface area contributed by atoms with Crippen molar-refractivity contribution < 1.29 is 0 Å². The van der Waals surface area contributed by atoms with Crippen LogP contribution in [0, 0.1) is 0 Å². The number of piperidine rings is 1. The molecule has 0 aliphatic carbocycles. The van der Waals surface area contributed by atoms with Crippen LogP contribution in [0.25, 0.3) is 0 Å². The molecule has 2 unspecified atom stereocenters. The molecule has 1 aromatic carbocycles. The fourth-order valence-electron chi connectivity index (χ4n) is 2.79. The summed E-state index contributed by atoms with van der Waals surface area (Å²) < 4.78 is 0. The molecule has 2 rings (SSSR count). The second-order valence-corrected chi connectivity index (χ2v) is 5.84.